The Morgan fingerprint density at radius 1 is 1.11 bits per heavy atom. The molecule has 0 fully saturated rings. The molecular weight excluding hydrogens is 326 g/mol. The fourth-order valence-corrected chi connectivity index (χ4v) is 2.59. The Morgan fingerprint density at radius 3 is 2.58 bits per heavy atom. The van der Waals surface area contributed by atoms with Crippen LogP contribution in [0.5, 0.6) is 5.75 Å². The van der Waals surface area contributed by atoms with E-state index in [0.717, 1.165) is 39.5 Å². The largest absolute Gasteiger partial charge is 0.496 e. The maximum Gasteiger partial charge on any atom is 0.123 e. The van der Waals surface area contributed by atoms with Crippen LogP contribution in [0.2, 0.25) is 5.02 Å². The lowest BCUT2D eigenvalue weighted by Crippen LogP contribution is -2.13. The van der Waals surface area contributed by atoms with Gasteiger partial charge in [-0.15, -0.1) is 0 Å². The third-order valence-corrected chi connectivity index (χ3v) is 3.68. The van der Waals surface area contributed by atoms with Gasteiger partial charge in [0, 0.05) is 28.1 Å². The Morgan fingerprint density at radius 2 is 1.84 bits per heavy atom. The Balaban J connectivity index is 1.96. The molecule has 0 aliphatic rings. The van der Waals surface area contributed by atoms with Gasteiger partial charge in [0.2, 0.25) is 0 Å². The number of hydrogen-bond acceptors (Lipinski definition) is 2. The van der Waals surface area contributed by atoms with Gasteiger partial charge in [0.05, 0.1) is 7.11 Å². The van der Waals surface area contributed by atoms with E-state index in [1.807, 2.05) is 36.4 Å². The van der Waals surface area contributed by atoms with Crippen molar-refractivity contribution in [1.82, 2.24) is 5.32 Å². The average molecular weight is 341 g/mol. The normalized spacial score (nSPS) is 10.5. The highest BCUT2D eigenvalue weighted by atomic mass is 79.9. The second-order valence-corrected chi connectivity index (χ2v) is 5.47. The molecule has 0 aromatic heterocycles. The summed E-state index contributed by atoms with van der Waals surface area (Å²) in [5.74, 6) is 0.900. The molecule has 2 nitrogen and oxygen atoms in total. The first-order chi connectivity index (χ1) is 9.20. The van der Waals surface area contributed by atoms with Crippen molar-refractivity contribution < 1.29 is 4.74 Å². The van der Waals surface area contributed by atoms with Crippen molar-refractivity contribution in [2.24, 2.45) is 0 Å². The van der Waals surface area contributed by atoms with E-state index in [1.54, 1.807) is 7.11 Å². The third kappa shape index (κ3) is 3.96. The molecule has 0 spiro atoms. The fraction of sp³-hybridized carbons (Fsp3) is 0.200. The molecule has 0 bridgehead atoms. The molecule has 0 unspecified atom stereocenters. The predicted octanol–water partition coefficient (Wildman–Crippen LogP) is 4.40. The lowest BCUT2D eigenvalue weighted by Gasteiger charge is -2.10. The second kappa shape index (κ2) is 6.94. The van der Waals surface area contributed by atoms with E-state index in [9.17, 15) is 0 Å². The van der Waals surface area contributed by atoms with E-state index < -0.39 is 0 Å². The smallest absolute Gasteiger partial charge is 0.123 e. The zero-order valence-corrected chi connectivity index (χ0v) is 13.0. The van der Waals surface area contributed by atoms with E-state index in [2.05, 4.69) is 27.3 Å². The minimum absolute atomic E-state index is 0.726. The number of methoxy groups -OCH3 is 1. The molecule has 0 saturated heterocycles. The molecule has 19 heavy (non-hydrogen) atoms. The van der Waals surface area contributed by atoms with Crippen molar-refractivity contribution in [2.45, 2.75) is 13.1 Å². The minimum Gasteiger partial charge on any atom is -0.496 e. The Kier molecular flexibility index (Phi) is 5.25. The molecule has 0 atom stereocenters. The zero-order valence-electron chi connectivity index (χ0n) is 10.6. The van der Waals surface area contributed by atoms with Crippen LogP contribution in [0.1, 0.15) is 11.1 Å². The van der Waals surface area contributed by atoms with Crippen LogP contribution in [-0.4, -0.2) is 7.11 Å². The summed E-state index contributed by atoms with van der Waals surface area (Å²) in [6.07, 6.45) is 0. The molecule has 100 valence electrons. The van der Waals surface area contributed by atoms with Crippen LogP contribution in [0.4, 0.5) is 0 Å². The maximum atomic E-state index is 6.18. The Labute approximate surface area is 126 Å². The first-order valence-electron chi connectivity index (χ1n) is 5.97. The van der Waals surface area contributed by atoms with Crippen LogP contribution in [0.25, 0.3) is 0 Å². The second-order valence-electron chi connectivity index (χ2n) is 4.15. The number of hydrogen-bond donors (Lipinski definition) is 1. The van der Waals surface area contributed by atoms with Gasteiger partial charge in [-0.1, -0.05) is 51.8 Å². The molecule has 0 radical (unpaired) electrons. The van der Waals surface area contributed by atoms with Crippen molar-refractivity contribution in [3.05, 3.63) is 63.1 Å². The third-order valence-electron chi connectivity index (χ3n) is 2.84. The average Bonchev–Trinajstić information content (AvgIpc) is 2.42. The summed E-state index contributed by atoms with van der Waals surface area (Å²) in [6, 6.07) is 13.9. The van der Waals surface area contributed by atoms with E-state index >= 15 is 0 Å². The summed E-state index contributed by atoms with van der Waals surface area (Å²) in [5.41, 5.74) is 2.22. The molecule has 0 aliphatic heterocycles. The minimum atomic E-state index is 0.726. The van der Waals surface area contributed by atoms with Crippen LogP contribution in [0.3, 0.4) is 0 Å². The topological polar surface area (TPSA) is 21.3 Å². The van der Waals surface area contributed by atoms with Crippen molar-refractivity contribution in [2.75, 3.05) is 7.11 Å². The SMILES string of the molecule is COc1ccccc1CNCc1ccc(Br)cc1Cl. The number of rotatable bonds is 5. The van der Waals surface area contributed by atoms with Crippen LogP contribution in [-0.2, 0) is 13.1 Å². The van der Waals surface area contributed by atoms with Gasteiger partial charge < -0.3 is 10.1 Å². The summed E-state index contributed by atoms with van der Waals surface area (Å²) in [7, 11) is 1.68. The quantitative estimate of drug-likeness (QED) is 0.871. The van der Waals surface area contributed by atoms with Crippen molar-refractivity contribution in [3.8, 4) is 5.75 Å². The van der Waals surface area contributed by atoms with Crippen molar-refractivity contribution >= 4 is 27.5 Å². The molecule has 2 aromatic carbocycles. The fourth-order valence-electron chi connectivity index (χ4n) is 1.85. The molecule has 1 N–H and O–H groups in total. The van der Waals surface area contributed by atoms with Gasteiger partial charge in [0.1, 0.15) is 5.75 Å². The van der Waals surface area contributed by atoms with Crippen LogP contribution in [0.15, 0.2) is 46.9 Å². The zero-order chi connectivity index (χ0) is 13.7. The van der Waals surface area contributed by atoms with Gasteiger partial charge in [-0.3, -0.25) is 0 Å². The highest BCUT2D eigenvalue weighted by Crippen LogP contribution is 2.22. The predicted molar refractivity (Wildman–Crippen MR) is 82.7 cm³/mol. The first kappa shape index (κ1) is 14.4. The molecule has 0 saturated carbocycles. The van der Waals surface area contributed by atoms with Crippen molar-refractivity contribution in [3.63, 3.8) is 0 Å². The summed E-state index contributed by atoms with van der Waals surface area (Å²) in [6.45, 7) is 1.47. The van der Waals surface area contributed by atoms with E-state index in [-0.39, 0.29) is 0 Å². The molecule has 2 aromatic rings. The molecule has 0 heterocycles. The highest BCUT2D eigenvalue weighted by Gasteiger charge is 2.03. The maximum absolute atomic E-state index is 6.18. The molecule has 4 heteroatoms. The summed E-state index contributed by atoms with van der Waals surface area (Å²) >= 11 is 9.57. The van der Waals surface area contributed by atoms with Crippen molar-refractivity contribution in [1.29, 1.82) is 0 Å². The highest BCUT2D eigenvalue weighted by molar-refractivity contribution is 9.10. The van der Waals surface area contributed by atoms with E-state index in [4.69, 9.17) is 16.3 Å². The molecule has 0 amide bonds. The number of ether oxygens (including phenoxy) is 1. The standard InChI is InChI=1S/C15H15BrClNO/c1-19-15-5-3-2-4-12(15)10-18-9-11-6-7-13(16)8-14(11)17/h2-8,18H,9-10H2,1H3. The molecule has 2 rings (SSSR count). The number of para-hydroxylation sites is 1. The number of halogens is 2. The number of benzene rings is 2. The first-order valence-corrected chi connectivity index (χ1v) is 7.14. The van der Waals surface area contributed by atoms with Gasteiger partial charge in [-0.25, -0.2) is 0 Å². The van der Waals surface area contributed by atoms with Crippen LogP contribution < -0.4 is 10.1 Å². The Bertz CT molecular complexity index is 560. The van der Waals surface area contributed by atoms with Crippen LogP contribution >= 0.6 is 27.5 Å². The summed E-state index contributed by atoms with van der Waals surface area (Å²) in [5, 5.41) is 4.14. The Hall–Kier alpha value is -1.03. The van der Waals surface area contributed by atoms with Crippen LogP contribution in [0, 0.1) is 0 Å². The molecular formula is C15H15BrClNO. The van der Waals surface area contributed by atoms with Gasteiger partial charge in [0.15, 0.2) is 0 Å². The summed E-state index contributed by atoms with van der Waals surface area (Å²) < 4.78 is 6.31. The van der Waals surface area contributed by atoms with Gasteiger partial charge in [0.25, 0.3) is 0 Å². The monoisotopic (exact) mass is 339 g/mol. The van der Waals surface area contributed by atoms with E-state index in [0.29, 0.717) is 0 Å². The van der Waals surface area contributed by atoms with Gasteiger partial charge >= 0.3 is 0 Å². The number of nitrogens with one attached hydrogen (secondary N) is 1. The van der Waals surface area contributed by atoms with E-state index in [1.165, 1.54) is 0 Å². The lowest BCUT2D eigenvalue weighted by atomic mass is 10.2. The summed E-state index contributed by atoms with van der Waals surface area (Å²) in [4.78, 5) is 0. The lowest BCUT2D eigenvalue weighted by molar-refractivity contribution is 0.407. The van der Waals surface area contributed by atoms with Gasteiger partial charge in [-0.2, -0.15) is 0 Å². The van der Waals surface area contributed by atoms with Gasteiger partial charge in [-0.05, 0) is 23.8 Å². The molecule has 0 aliphatic carbocycles.